The van der Waals surface area contributed by atoms with Crippen LogP contribution in [0.5, 0.6) is 0 Å². The maximum atomic E-state index is 13.1. The molecule has 5 aliphatic rings. The van der Waals surface area contributed by atoms with Crippen molar-refractivity contribution in [1.82, 2.24) is 0 Å². The Labute approximate surface area is 223 Å². The molecule has 0 aromatic heterocycles. The molecule has 0 radical (unpaired) electrons. The van der Waals surface area contributed by atoms with Crippen LogP contribution in [0.1, 0.15) is 53.4 Å². The van der Waals surface area contributed by atoms with Gasteiger partial charge in [0.25, 0.3) is 0 Å². The molecule has 2 saturated heterocycles. The van der Waals surface area contributed by atoms with E-state index in [-0.39, 0.29) is 25.4 Å². The van der Waals surface area contributed by atoms with Crippen LogP contribution in [0.25, 0.3) is 0 Å². The van der Waals surface area contributed by atoms with Crippen LogP contribution in [-0.4, -0.2) is 84.2 Å². The Morgan fingerprint density at radius 2 is 1.92 bits per heavy atom. The number of ether oxygens (including phenoxy) is 5. The first kappa shape index (κ1) is 27.5. The smallest absolute Gasteiger partial charge is 0.335 e. The number of esters is 2. The molecule has 2 aliphatic carbocycles. The molecule has 0 aromatic rings. The SMILES string of the molecule is CC1=C[C@H]2O[C@@H]3C[C@H]4OC(=O)/C=C\C=C[C@H]([C@@H](C)O)OCC[C@@H](C)[C@H](O)C(=O)OC[C@@]2(CC1)[C@]4(C)[C@@]31CO1. The van der Waals surface area contributed by atoms with Crippen LogP contribution in [0.2, 0.25) is 0 Å². The van der Waals surface area contributed by atoms with Gasteiger partial charge in [-0.15, -0.1) is 0 Å². The molecule has 9 heteroatoms. The lowest BCUT2D eigenvalue weighted by atomic mass is 9.51. The molecule has 0 unspecified atom stereocenters. The van der Waals surface area contributed by atoms with E-state index in [4.69, 9.17) is 23.7 Å². The normalized spacial score (nSPS) is 47.2. The van der Waals surface area contributed by atoms with Crippen molar-refractivity contribution in [3.63, 3.8) is 0 Å². The lowest BCUT2D eigenvalue weighted by Gasteiger charge is -2.58. The minimum Gasteiger partial charge on any atom is -0.463 e. The van der Waals surface area contributed by atoms with Crippen LogP contribution in [0.15, 0.2) is 36.0 Å². The molecule has 1 saturated carbocycles. The second-order valence-corrected chi connectivity index (χ2v) is 11.9. The van der Waals surface area contributed by atoms with E-state index >= 15 is 0 Å². The van der Waals surface area contributed by atoms with Gasteiger partial charge in [-0.2, -0.15) is 0 Å². The number of aliphatic hydroxyl groups excluding tert-OH is 2. The predicted molar refractivity (Wildman–Crippen MR) is 136 cm³/mol. The predicted octanol–water partition coefficient (Wildman–Crippen LogP) is 2.39. The average molecular weight is 533 g/mol. The summed E-state index contributed by atoms with van der Waals surface area (Å²) in [5, 5.41) is 20.8. The summed E-state index contributed by atoms with van der Waals surface area (Å²) in [4.78, 5) is 26.0. The summed E-state index contributed by atoms with van der Waals surface area (Å²) in [5.41, 5.74) is -0.771. The van der Waals surface area contributed by atoms with Gasteiger partial charge in [-0.3, -0.25) is 0 Å². The van der Waals surface area contributed by atoms with Crippen LogP contribution >= 0.6 is 0 Å². The van der Waals surface area contributed by atoms with Crippen molar-refractivity contribution in [3.8, 4) is 0 Å². The van der Waals surface area contributed by atoms with Crippen molar-refractivity contribution in [2.45, 2.75) is 95.6 Å². The molecule has 2 bridgehead atoms. The summed E-state index contributed by atoms with van der Waals surface area (Å²) >= 11 is 0. The van der Waals surface area contributed by atoms with Crippen LogP contribution in [-0.2, 0) is 33.3 Å². The zero-order chi connectivity index (χ0) is 27.3. The summed E-state index contributed by atoms with van der Waals surface area (Å²) in [5.74, 6) is -1.60. The number of hydrogen-bond acceptors (Lipinski definition) is 9. The molecule has 9 nitrogen and oxygen atoms in total. The Bertz CT molecular complexity index is 1030. The standard InChI is InChI=1S/C29H40O9/c1-17-9-11-28-15-35-26(33)25(32)18(2)10-12-34-20(19(3)30)7-5-6-8-24(31)38-21-14-23(37-22(28)13-17)29(16-36-29)27(21,28)4/h5-8,13,18-23,25,30,32H,9-12,14-16H2,1-4H3/b7-5?,8-6-/t18-,19-,20-,21-,22-,23-,25+,27-,28-,29-/m1/s1. The summed E-state index contributed by atoms with van der Waals surface area (Å²) in [7, 11) is 0. The lowest BCUT2D eigenvalue weighted by Crippen LogP contribution is -2.66. The van der Waals surface area contributed by atoms with E-state index < -0.39 is 58.7 Å². The second-order valence-electron chi connectivity index (χ2n) is 11.9. The highest BCUT2D eigenvalue weighted by Gasteiger charge is 2.83. The summed E-state index contributed by atoms with van der Waals surface area (Å²) < 4.78 is 30.4. The molecule has 38 heavy (non-hydrogen) atoms. The molecule has 3 fully saturated rings. The average Bonchev–Trinajstić information content (AvgIpc) is 3.65. The summed E-state index contributed by atoms with van der Waals surface area (Å²) in [6.07, 6.45) is 6.89. The Balaban J connectivity index is 1.51. The first-order valence-corrected chi connectivity index (χ1v) is 13.7. The molecule has 5 rings (SSSR count). The first-order chi connectivity index (χ1) is 18.0. The van der Waals surface area contributed by atoms with Gasteiger partial charge in [0.1, 0.15) is 24.4 Å². The molecule has 10 atom stereocenters. The van der Waals surface area contributed by atoms with Gasteiger partial charge < -0.3 is 33.9 Å². The maximum Gasteiger partial charge on any atom is 0.335 e. The van der Waals surface area contributed by atoms with E-state index in [0.29, 0.717) is 25.9 Å². The number of carbonyl (C=O) groups excluding carboxylic acids is 2. The number of rotatable bonds is 1. The van der Waals surface area contributed by atoms with E-state index in [0.717, 1.165) is 6.42 Å². The van der Waals surface area contributed by atoms with E-state index in [9.17, 15) is 19.8 Å². The zero-order valence-corrected chi connectivity index (χ0v) is 22.6. The van der Waals surface area contributed by atoms with Gasteiger partial charge in [0.2, 0.25) is 0 Å². The second kappa shape index (κ2) is 10.2. The Morgan fingerprint density at radius 1 is 1.16 bits per heavy atom. The lowest BCUT2D eigenvalue weighted by molar-refractivity contribution is -0.234. The monoisotopic (exact) mass is 532 g/mol. The number of epoxide rings is 1. The van der Waals surface area contributed by atoms with Crippen LogP contribution < -0.4 is 0 Å². The fourth-order valence-corrected chi connectivity index (χ4v) is 7.04. The molecule has 3 aliphatic heterocycles. The summed E-state index contributed by atoms with van der Waals surface area (Å²) in [6, 6.07) is 0. The molecular weight excluding hydrogens is 492 g/mol. The highest BCUT2D eigenvalue weighted by Crippen LogP contribution is 2.72. The van der Waals surface area contributed by atoms with Crippen LogP contribution in [0.4, 0.5) is 0 Å². The Kier molecular flexibility index (Phi) is 7.37. The third-order valence-corrected chi connectivity index (χ3v) is 9.73. The third-order valence-electron chi connectivity index (χ3n) is 9.73. The molecule has 2 N–H and O–H groups in total. The van der Waals surface area contributed by atoms with Gasteiger partial charge in [0.15, 0.2) is 6.10 Å². The fourth-order valence-electron chi connectivity index (χ4n) is 7.04. The molecule has 3 heterocycles. The van der Waals surface area contributed by atoms with E-state index in [1.165, 1.54) is 11.6 Å². The van der Waals surface area contributed by atoms with Gasteiger partial charge in [0.05, 0.1) is 30.3 Å². The number of cyclic esters (lactones) is 1. The molecule has 210 valence electrons. The van der Waals surface area contributed by atoms with Crippen molar-refractivity contribution in [1.29, 1.82) is 0 Å². The van der Waals surface area contributed by atoms with Crippen molar-refractivity contribution in [2.24, 2.45) is 16.7 Å². The zero-order valence-electron chi connectivity index (χ0n) is 22.6. The quantitative estimate of drug-likeness (QED) is 0.298. The minimum absolute atomic E-state index is 0.0195. The largest absolute Gasteiger partial charge is 0.463 e. The van der Waals surface area contributed by atoms with Gasteiger partial charge >= 0.3 is 11.9 Å². The Hall–Kier alpha value is -2.04. The highest BCUT2D eigenvalue weighted by molar-refractivity contribution is 5.82. The van der Waals surface area contributed by atoms with Crippen LogP contribution in [0, 0.1) is 16.7 Å². The topological polar surface area (TPSA) is 124 Å². The highest BCUT2D eigenvalue weighted by atomic mass is 16.6. The minimum atomic E-state index is -1.33. The van der Waals surface area contributed by atoms with Gasteiger partial charge in [-0.25, -0.2) is 9.59 Å². The fraction of sp³-hybridized carbons (Fsp3) is 0.724. The third kappa shape index (κ3) is 4.36. The van der Waals surface area contributed by atoms with Crippen molar-refractivity contribution >= 4 is 11.9 Å². The number of allylic oxidation sites excluding steroid dienone is 3. The van der Waals surface area contributed by atoms with Gasteiger partial charge in [0, 0.05) is 24.5 Å². The van der Waals surface area contributed by atoms with Gasteiger partial charge in [-0.05, 0) is 39.0 Å². The van der Waals surface area contributed by atoms with E-state index in [1.54, 1.807) is 32.1 Å². The van der Waals surface area contributed by atoms with Gasteiger partial charge in [-0.1, -0.05) is 43.7 Å². The number of aliphatic hydroxyl groups is 2. The number of carbonyl (C=O) groups is 2. The van der Waals surface area contributed by atoms with Crippen molar-refractivity contribution in [2.75, 3.05) is 19.8 Å². The molecule has 0 aromatic carbocycles. The number of hydrogen-bond donors (Lipinski definition) is 2. The van der Waals surface area contributed by atoms with Crippen molar-refractivity contribution < 1.29 is 43.5 Å². The molecule has 0 amide bonds. The van der Waals surface area contributed by atoms with Crippen molar-refractivity contribution in [3.05, 3.63) is 36.0 Å². The molecular formula is C29H40O9. The summed E-state index contributed by atoms with van der Waals surface area (Å²) in [6.45, 7) is 8.27. The first-order valence-electron chi connectivity index (χ1n) is 13.7. The molecule has 2 spiro atoms. The maximum absolute atomic E-state index is 13.1. The van der Waals surface area contributed by atoms with Crippen LogP contribution in [0.3, 0.4) is 0 Å². The van der Waals surface area contributed by atoms with E-state index in [2.05, 4.69) is 19.9 Å². The Morgan fingerprint density at radius 3 is 2.63 bits per heavy atom. The van der Waals surface area contributed by atoms with E-state index in [1.807, 2.05) is 0 Å².